The number of aromatic nitrogens is 2. The van der Waals surface area contributed by atoms with Crippen molar-refractivity contribution in [3.63, 3.8) is 0 Å². The van der Waals surface area contributed by atoms with E-state index in [1.807, 2.05) is 0 Å². The molecule has 16 heavy (non-hydrogen) atoms. The van der Waals surface area contributed by atoms with Crippen molar-refractivity contribution in [1.82, 2.24) is 9.78 Å². The van der Waals surface area contributed by atoms with Crippen LogP contribution in [0.4, 0.5) is 5.82 Å². The molecule has 1 atom stereocenters. The van der Waals surface area contributed by atoms with Crippen LogP contribution in [-0.2, 0) is 6.54 Å². The van der Waals surface area contributed by atoms with Gasteiger partial charge in [-0.3, -0.25) is 0 Å². The van der Waals surface area contributed by atoms with E-state index in [1.165, 1.54) is 0 Å². The molecule has 1 aromatic heterocycles. The minimum absolute atomic E-state index is 0.0400. The molecule has 0 amide bonds. The Hall–Kier alpha value is -1.04. The van der Waals surface area contributed by atoms with Crippen molar-refractivity contribution in [2.75, 3.05) is 5.75 Å². The van der Waals surface area contributed by atoms with Gasteiger partial charge in [-0.1, -0.05) is 6.92 Å². The summed E-state index contributed by atoms with van der Waals surface area (Å²) in [7, 11) is 0. The lowest BCUT2D eigenvalue weighted by atomic mass is 10.1. The van der Waals surface area contributed by atoms with Crippen molar-refractivity contribution in [2.24, 2.45) is 5.92 Å². The first-order valence-corrected chi connectivity index (χ1v) is 5.97. The van der Waals surface area contributed by atoms with Crippen LogP contribution in [-0.4, -0.2) is 20.5 Å². The van der Waals surface area contributed by atoms with Crippen LogP contribution in [0, 0.1) is 23.0 Å². The zero-order chi connectivity index (χ0) is 12.1. The highest BCUT2D eigenvalue weighted by molar-refractivity contribution is 7.80. The van der Waals surface area contributed by atoms with Crippen LogP contribution in [0.2, 0.25) is 0 Å². The Kier molecular flexibility index (Phi) is 4.79. The van der Waals surface area contributed by atoms with Crippen molar-refractivity contribution in [1.29, 1.82) is 0 Å². The van der Waals surface area contributed by atoms with Crippen molar-refractivity contribution in [2.45, 2.75) is 33.2 Å². The van der Waals surface area contributed by atoms with Crippen LogP contribution >= 0.6 is 12.6 Å². The summed E-state index contributed by atoms with van der Waals surface area (Å²) in [5.74, 6) is 1.40. The molecule has 90 valence electrons. The molecule has 1 aromatic rings. The average Bonchev–Trinajstić information content (AvgIpc) is 2.57. The molecule has 1 heterocycles. The Morgan fingerprint density at radius 3 is 2.81 bits per heavy atom. The predicted octanol–water partition coefficient (Wildman–Crippen LogP) is 2.45. The lowest BCUT2D eigenvalue weighted by Gasteiger charge is -2.07. The Labute approximate surface area is 100 Å². The van der Waals surface area contributed by atoms with E-state index in [2.05, 4.69) is 24.7 Å². The van der Waals surface area contributed by atoms with Gasteiger partial charge in [0.2, 0.25) is 0 Å². The number of rotatable bonds is 6. The number of aryl methyl sites for hydroxylation is 2. The van der Waals surface area contributed by atoms with E-state index in [0.29, 0.717) is 11.5 Å². The highest BCUT2D eigenvalue weighted by Gasteiger charge is 2.16. The van der Waals surface area contributed by atoms with Gasteiger partial charge in [-0.05, 0) is 36.4 Å². The fraction of sp³-hybridized carbons (Fsp3) is 0.700. The van der Waals surface area contributed by atoms with E-state index < -0.39 is 4.92 Å². The van der Waals surface area contributed by atoms with E-state index in [0.717, 1.165) is 25.1 Å². The first kappa shape index (κ1) is 13.0. The summed E-state index contributed by atoms with van der Waals surface area (Å²) < 4.78 is 1.66. The summed E-state index contributed by atoms with van der Waals surface area (Å²) in [5, 5.41) is 14.5. The first-order chi connectivity index (χ1) is 7.54. The van der Waals surface area contributed by atoms with Crippen LogP contribution in [0.15, 0.2) is 6.20 Å². The molecule has 0 aromatic carbocycles. The lowest BCUT2D eigenvalue weighted by Crippen LogP contribution is -2.05. The first-order valence-electron chi connectivity index (χ1n) is 5.34. The van der Waals surface area contributed by atoms with Gasteiger partial charge in [-0.15, -0.1) is 0 Å². The number of nitro groups is 1. The Morgan fingerprint density at radius 1 is 1.62 bits per heavy atom. The monoisotopic (exact) mass is 243 g/mol. The highest BCUT2D eigenvalue weighted by Crippen LogP contribution is 2.15. The zero-order valence-electron chi connectivity index (χ0n) is 9.59. The quantitative estimate of drug-likeness (QED) is 0.474. The average molecular weight is 243 g/mol. The van der Waals surface area contributed by atoms with Gasteiger partial charge in [-0.25, -0.2) is 0 Å². The molecule has 1 unspecified atom stereocenters. The van der Waals surface area contributed by atoms with Gasteiger partial charge in [0.1, 0.15) is 0 Å². The van der Waals surface area contributed by atoms with Gasteiger partial charge in [0, 0.05) is 0 Å². The third kappa shape index (κ3) is 3.52. The standard InChI is InChI=1S/C10H17N3O2S/c1-8(4-6-16)3-5-12-7-9(2)10(11-12)13(14)15/h7-8,16H,3-6H2,1-2H3. The minimum Gasteiger partial charge on any atom is -0.358 e. The van der Waals surface area contributed by atoms with Crippen molar-refractivity contribution < 1.29 is 4.92 Å². The largest absolute Gasteiger partial charge is 0.392 e. The molecule has 0 bridgehead atoms. The van der Waals surface area contributed by atoms with E-state index in [9.17, 15) is 10.1 Å². The topological polar surface area (TPSA) is 61.0 Å². The van der Waals surface area contributed by atoms with Crippen molar-refractivity contribution in [3.8, 4) is 0 Å². The highest BCUT2D eigenvalue weighted by atomic mass is 32.1. The molecule has 0 N–H and O–H groups in total. The smallest absolute Gasteiger partial charge is 0.358 e. The van der Waals surface area contributed by atoms with E-state index in [-0.39, 0.29) is 5.82 Å². The molecule has 0 aliphatic rings. The molecular weight excluding hydrogens is 226 g/mol. The Bertz CT molecular complexity index is 365. The minimum atomic E-state index is -0.441. The molecule has 1 rings (SSSR count). The second-order valence-electron chi connectivity index (χ2n) is 4.06. The normalized spacial score (nSPS) is 12.7. The predicted molar refractivity (Wildman–Crippen MR) is 65.9 cm³/mol. The number of hydrogen-bond acceptors (Lipinski definition) is 4. The van der Waals surface area contributed by atoms with E-state index in [4.69, 9.17) is 0 Å². The second-order valence-corrected chi connectivity index (χ2v) is 4.51. The van der Waals surface area contributed by atoms with Gasteiger partial charge >= 0.3 is 5.82 Å². The fourth-order valence-electron chi connectivity index (χ4n) is 1.52. The van der Waals surface area contributed by atoms with Crippen molar-refractivity contribution >= 4 is 18.4 Å². The molecule has 0 fully saturated rings. The summed E-state index contributed by atoms with van der Waals surface area (Å²) in [6.07, 6.45) is 3.76. The van der Waals surface area contributed by atoms with Gasteiger partial charge < -0.3 is 10.1 Å². The summed E-state index contributed by atoms with van der Waals surface area (Å²) in [4.78, 5) is 10.2. The van der Waals surface area contributed by atoms with Crippen LogP contribution in [0.1, 0.15) is 25.3 Å². The lowest BCUT2D eigenvalue weighted by molar-refractivity contribution is -0.390. The number of nitrogens with zero attached hydrogens (tertiary/aromatic N) is 3. The third-order valence-corrected chi connectivity index (χ3v) is 2.82. The molecule has 0 spiro atoms. The van der Waals surface area contributed by atoms with E-state index in [1.54, 1.807) is 17.8 Å². The second kappa shape index (κ2) is 5.89. The van der Waals surface area contributed by atoms with Gasteiger partial charge in [0.15, 0.2) is 0 Å². The molecule has 0 aliphatic carbocycles. The molecule has 0 radical (unpaired) electrons. The molecule has 0 saturated heterocycles. The molecular formula is C10H17N3O2S. The van der Waals surface area contributed by atoms with Crippen LogP contribution in [0.5, 0.6) is 0 Å². The number of hydrogen-bond donors (Lipinski definition) is 1. The molecule has 6 heteroatoms. The van der Waals surface area contributed by atoms with Gasteiger partial charge in [0.25, 0.3) is 0 Å². The SMILES string of the molecule is Cc1cn(CCC(C)CCS)nc1[N+](=O)[O-]. The van der Waals surface area contributed by atoms with E-state index >= 15 is 0 Å². The zero-order valence-corrected chi connectivity index (χ0v) is 10.5. The number of thiol groups is 1. The third-order valence-electron chi connectivity index (χ3n) is 2.56. The van der Waals surface area contributed by atoms with Crippen LogP contribution in [0.3, 0.4) is 0 Å². The Balaban J connectivity index is 2.55. The van der Waals surface area contributed by atoms with Gasteiger partial charge in [0.05, 0.1) is 23.4 Å². The molecule has 5 nitrogen and oxygen atoms in total. The molecule has 0 aliphatic heterocycles. The summed E-state index contributed by atoms with van der Waals surface area (Å²) in [6.45, 7) is 4.59. The summed E-state index contributed by atoms with van der Waals surface area (Å²) in [5.41, 5.74) is 0.617. The summed E-state index contributed by atoms with van der Waals surface area (Å²) >= 11 is 4.18. The van der Waals surface area contributed by atoms with Crippen LogP contribution in [0.25, 0.3) is 0 Å². The van der Waals surface area contributed by atoms with Crippen LogP contribution < -0.4 is 0 Å². The van der Waals surface area contributed by atoms with Gasteiger partial charge in [-0.2, -0.15) is 17.3 Å². The maximum Gasteiger partial charge on any atom is 0.392 e. The maximum absolute atomic E-state index is 10.6. The molecule has 0 saturated carbocycles. The fourth-order valence-corrected chi connectivity index (χ4v) is 1.96. The van der Waals surface area contributed by atoms with Crippen molar-refractivity contribution in [3.05, 3.63) is 21.9 Å². The summed E-state index contributed by atoms with van der Waals surface area (Å²) in [6, 6.07) is 0. The maximum atomic E-state index is 10.6. The Morgan fingerprint density at radius 2 is 2.31 bits per heavy atom.